The van der Waals surface area contributed by atoms with Gasteiger partial charge in [0.15, 0.2) is 5.69 Å². The summed E-state index contributed by atoms with van der Waals surface area (Å²) in [6, 6.07) is 5.20. The molecule has 27 heavy (non-hydrogen) atoms. The molecule has 146 valence electrons. The Hall–Kier alpha value is -3.04. The molecule has 8 nitrogen and oxygen atoms in total. The van der Waals surface area contributed by atoms with Crippen LogP contribution in [-0.4, -0.2) is 50.5 Å². The Bertz CT molecular complexity index is 806. The van der Waals surface area contributed by atoms with Crippen LogP contribution in [0.3, 0.4) is 0 Å². The predicted molar refractivity (Wildman–Crippen MR) is 91.4 cm³/mol. The molecule has 2 aromatic rings. The average Bonchev–Trinajstić information content (AvgIpc) is 2.95. The van der Waals surface area contributed by atoms with Crippen molar-refractivity contribution in [3.63, 3.8) is 0 Å². The highest BCUT2D eigenvalue weighted by molar-refractivity contribution is 5.95. The fourth-order valence-electron chi connectivity index (χ4n) is 2.35. The minimum Gasteiger partial charge on any atom is -0.491 e. The first-order valence-electron chi connectivity index (χ1n) is 8.20. The summed E-state index contributed by atoms with van der Waals surface area (Å²) in [6.07, 6.45) is -3.84. The molecular formula is C17H20F2N4O4. The lowest BCUT2D eigenvalue weighted by molar-refractivity contribution is -0.140. The van der Waals surface area contributed by atoms with E-state index in [1.807, 2.05) is 19.2 Å². The molecule has 0 spiro atoms. The largest absolute Gasteiger partial charge is 0.491 e. The molecule has 0 radical (unpaired) electrons. The number of ether oxygens (including phenoxy) is 1. The normalized spacial score (nSPS) is 12.3. The number of benzene rings is 1. The number of halogens is 2. The van der Waals surface area contributed by atoms with Crippen molar-refractivity contribution >= 4 is 11.9 Å². The number of aliphatic carboxylic acids is 1. The van der Waals surface area contributed by atoms with Gasteiger partial charge in [0, 0.05) is 6.42 Å². The highest BCUT2D eigenvalue weighted by atomic mass is 19.3. The van der Waals surface area contributed by atoms with Gasteiger partial charge in [-0.15, -0.1) is 5.10 Å². The van der Waals surface area contributed by atoms with Gasteiger partial charge in [0.05, 0.1) is 17.5 Å². The van der Waals surface area contributed by atoms with Crippen molar-refractivity contribution in [3.8, 4) is 11.4 Å². The molecule has 10 heteroatoms. The summed E-state index contributed by atoms with van der Waals surface area (Å²) in [4.78, 5) is 23.2. The van der Waals surface area contributed by atoms with E-state index in [0.717, 1.165) is 0 Å². The van der Waals surface area contributed by atoms with Crippen molar-refractivity contribution in [1.82, 2.24) is 20.3 Å². The number of nitrogens with zero attached hydrogens (tertiary/aromatic N) is 3. The van der Waals surface area contributed by atoms with Gasteiger partial charge in [-0.3, -0.25) is 4.79 Å². The van der Waals surface area contributed by atoms with Crippen molar-refractivity contribution in [2.75, 3.05) is 0 Å². The Labute approximate surface area is 154 Å². The number of carboxylic acid groups (broad SMARTS) is 1. The molecule has 0 aliphatic heterocycles. The summed E-state index contributed by atoms with van der Waals surface area (Å²) in [7, 11) is 0. The Kier molecular flexibility index (Phi) is 6.43. The van der Waals surface area contributed by atoms with Crippen LogP contribution in [0.2, 0.25) is 0 Å². The fraction of sp³-hybridized carbons (Fsp3) is 0.412. The number of hydrogen-bond donors (Lipinski definition) is 2. The van der Waals surface area contributed by atoms with Crippen LogP contribution in [0.25, 0.3) is 5.69 Å². The Morgan fingerprint density at radius 1 is 1.26 bits per heavy atom. The van der Waals surface area contributed by atoms with Crippen LogP contribution >= 0.6 is 0 Å². The number of carbonyl (C=O) groups excluding carboxylic acids is 1. The van der Waals surface area contributed by atoms with E-state index in [1.165, 1.54) is 4.68 Å². The highest BCUT2D eigenvalue weighted by Gasteiger charge is 2.27. The Balaban J connectivity index is 2.18. The molecule has 2 N–H and O–H groups in total. The SMILES string of the molecule is Cc1c(C(=O)NC(CC(F)F)C(=O)O)nnn1-c1ccc(OC(C)C)cc1. The number of nitrogens with one attached hydrogen (secondary N) is 1. The number of amides is 1. The zero-order valence-corrected chi connectivity index (χ0v) is 15.0. The molecule has 0 aliphatic carbocycles. The van der Waals surface area contributed by atoms with Crippen LogP contribution in [0.1, 0.15) is 36.5 Å². The third-order valence-corrected chi connectivity index (χ3v) is 3.58. The summed E-state index contributed by atoms with van der Waals surface area (Å²) < 4.78 is 31.9. The summed E-state index contributed by atoms with van der Waals surface area (Å²) in [5.74, 6) is -1.76. The number of aromatic nitrogens is 3. The van der Waals surface area contributed by atoms with Crippen molar-refractivity contribution in [2.24, 2.45) is 0 Å². The van der Waals surface area contributed by atoms with Crippen LogP contribution < -0.4 is 10.1 Å². The maximum atomic E-state index is 12.5. The van der Waals surface area contributed by atoms with Gasteiger partial charge >= 0.3 is 5.97 Å². The standard InChI is InChI=1S/C17H20F2N4O4/c1-9(2)27-12-6-4-11(5-7-12)23-10(3)15(21-22-23)16(24)20-13(17(25)26)8-14(18)19/h4-7,9,13-14H,8H2,1-3H3,(H,20,24)(H,25,26). The quantitative estimate of drug-likeness (QED) is 0.725. The van der Waals surface area contributed by atoms with E-state index in [-0.39, 0.29) is 11.8 Å². The van der Waals surface area contributed by atoms with Crippen LogP contribution in [0.15, 0.2) is 24.3 Å². The van der Waals surface area contributed by atoms with Gasteiger partial charge in [0.2, 0.25) is 6.43 Å². The van der Waals surface area contributed by atoms with Gasteiger partial charge in [-0.2, -0.15) is 0 Å². The lowest BCUT2D eigenvalue weighted by Gasteiger charge is -2.13. The van der Waals surface area contributed by atoms with E-state index >= 15 is 0 Å². The molecule has 1 unspecified atom stereocenters. The summed E-state index contributed by atoms with van der Waals surface area (Å²) in [5.41, 5.74) is 0.807. The third-order valence-electron chi connectivity index (χ3n) is 3.58. The minimum atomic E-state index is -2.87. The smallest absolute Gasteiger partial charge is 0.326 e. The van der Waals surface area contributed by atoms with Crippen molar-refractivity contribution in [2.45, 2.75) is 45.8 Å². The molecule has 0 aliphatic rings. The molecule has 0 saturated heterocycles. The van der Waals surface area contributed by atoms with Crippen LogP contribution in [-0.2, 0) is 4.79 Å². The third kappa shape index (κ3) is 5.22. The second-order valence-electron chi connectivity index (χ2n) is 6.09. The second-order valence-corrected chi connectivity index (χ2v) is 6.09. The summed E-state index contributed by atoms with van der Waals surface area (Å²) in [6.45, 7) is 5.37. The first-order valence-corrected chi connectivity index (χ1v) is 8.20. The van der Waals surface area contributed by atoms with Crippen LogP contribution in [0.4, 0.5) is 8.78 Å². The second kappa shape index (κ2) is 8.56. The van der Waals surface area contributed by atoms with Crippen LogP contribution in [0.5, 0.6) is 5.75 Å². The predicted octanol–water partition coefficient (Wildman–Crippen LogP) is 2.20. The lowest BCUT2D eigenvalue weighted by Crippen LogP contribution is -2.42. The molecule has 1 heterocycles. The fourth-order valence-corrected chi connectivity index (χ4v) is 2.35. The molecule has 0 bridgehead atoms. The van der Waals surface area contributed by atoms with Gasteiger partial charge in [-0.05, 0) is 45.0 Å². The number of rotatable bonds is 8. The monoisotopic (exact) mass is 382 g/mol. The van der Waals surface area contributed by atoms with E-state index < -0.39 is 30.8 Å². The maximum absolute atomic E-state index is 12.5. The minimum absolute atomic E-state index is 0.0228. The van der Waals surface area contributed by atoms with Crippen molar-refractivity contribution in [3.05, 3.63) is 35.7 Å². The Morgan fingerprint density at radius 2 is 1.89 bits per heavy atom. The van der Waals surface area contributed by atoms with Gasteiger partial charge < -0.3 is 15.2 Å². The van der Waals surface area contributed by atoms with Gasteiger partial charge in [0.25, 0.3) is 5.91 Å². The first kappa shape index (κ1) is 20.3. The number of alkyl halides is 2. The lowest BCUT2D eigenvalue weighted by atomic mass is 10.2. The van der Waals surface area contributed by atoms with Gasteiger partial charge in [-0.1, -0.05) is 5.21 Å². The molecular weight excluding hydrogens is 362 g/mol. The Morgan fingerprint density at radius 3 is 2.41 bits per heavy atom. The van der Waals surface area contributed by atoms with E-state index in [4.69, 9.17) is 9.84 Å². The van der Waals surface area contributed by atoms with E-state index in [9.17, 15) is 18.4 Å². The zero-order chi connectivity index (χ0) is 20.1. The van der Waals surface area contributed by atoms with Crippen molar-refractivity contribution < 1.29 is 28.2 Å². The van der Waals surface area contributed by atoms with E-state index in [2.05, 4.69) is 10.3 Å². The molecule has 2 rings (SSSR count). The first-order chi connectivity index (χ1) is 12.7. The molecule has 0 fully saturated rings. The highest BCUT2D eigenvalue weighted by Crippen LogP contribution is 2.18. The summed E-state index contributed by atoms with van der Waals surface area (Å²) in [5, 5.41) is 18.6. The number of carboxylic acids is 1. The number of carbonyl (C=O) groups is 2. The molecule has 1 amide bonds. The average molecular weight is 382 g/mol. The van der Waals surface area contributed by atoms with Crippen molar-refractivity contribution in [1.29, 1.82) is 0 Å². The van der Waals surface area contributed by atoms with E-state index in [1.54, 1.807) is 31.2 Å². The van der Waals surface area contributed by atoms with Crippen LogP contribution in [0, 0.1) is 6.92 Å². The zero-order valence-electron chi connectivity index (χ0n) is 15.0. The van der Waals surface area contributed by atoms with E-state index in [0.29, 0.717) is 17.1 Å². The van der Waals surface area contributed by atoms with Gasteiger partial charge in [0.1, 0.15) is 11.8 Å². The molecule has 1 aromatic heterocycles. The maximum Gasteiger partial charge on any atom is 0.326 e. The molecule has 1 aromatic carbocycles. The molecule has 0 saturated carbocycles. The molecule has 1 atom stereocenters. The number of hydrogen-bond acceptors (Lipinski definition) is 5. The topological polar surface area (TPSA) is 106 Å². The summed E-state index contributed by atoms with van der Waals surface area (Å²) >= 11 is 0. The van der Waals surface area contributed by atoms with Gasteiger partial charge in [-0.25, -0.2) is 18.3 Å².